The average molecular weight is 370 g/mol. The number of amides is 1. The summed E-state index contributed by atoms with van der Waals surface area (Å²) in [7, 11) is 0. The predicted octanol–water partition coefficient (Wildman–Crippen LogP) is 2.49. The van der Waals surface area contributed by atoms with Crippen molar-refractivity contribution in [1.29, 1.82) is 0 Å². The van der Waals surface area contributed by atoms with Crippen molar-refractivity contribution in [3.8, 4) is 0 Å². The summed E-state index contributed by atoms with van der Waals surface area (Å²) in [5.41, 5.74) is 1.46. The number of carbonyl (C=O) groups is 2. The van der Waals surface area contributed by atoms with Crippen molar-refractivity contribution < 1.29 is 18.7 Å². The maximum Gasteiger partial charge on any atom is 0.336 e. The first kappa shape index (κ1) is 18.5. The first-order chi connectivity index (χ1) is 12.9. The third-order valence-electron chi connectivity index (χ3n) is 4.16. The highest BCUT2D eigenvalue weighted by Gasteiger charge is 2.40. The van der Waals surface area contributed by atoms with Crippen molar-refractivity contribution >= 4 is 29.7 Å². The Morgan fingerprint density at radius 2 is 2.15 bits per heavy atom. The molecule has 3 rings (SSSR count). The Kier molecular flexibility index (Phi) is 5.16. The van der Waals surface area contributed by atoms with Crippen LogP contribution in [-0.4, -0.2) is 30.7 Å². The van der Waals surface area contributed by atoms with Gasteiger partial charge in [-0.3, -0.25) is 9.79 Å². The highest BCUT2D eigenvalue weighted by Crippen LogP contribution is 2.38. The van der Waals surface area contributed by atoms with Gasteiger partial charge >= 0.3 is 5.97 Å². The molecule has 2 N–H and O–H groups in total. The Balaban J connectivity index is 1.94. The minimum atomic E-state index is -0.584. The van der Waals surface area contributed by atoms with Gasteiger partial charge in [-0.15, -0.1) is 0 Å². The lowest BCUT2D eigenvalue weighted by Gasteiger charge is -2.25. The van der Waals surface area contributed by atoms with Crippen LogP contribution >= 0.6 is 0 Å². The molecule has 8 heteroatoms. The molecule has 1 aromatic rings. The number of benzene rings is 1. The Morgan fingerprint density at radius 3 is 2.85 bits per heavy atom. The minimum Gasteiger partial charge on any atom is -0.463 e. The highest BCUT2D eigenvalue weighted by molar-refractivity contribution is 6.06. The summed E-state index contributed by atoms with van der Waals surface area (Å²) >= 11 is 0. The number of nitrogens with one attached hydrogen (secondary N) is 2. The van der Waals surface area contributed by atoms with Crippen molar-refractivity contribution in [3.05, 3.63) is 53.5 Å². The zero-order valence-corrected chi connectivity index (χ0v) is 15.0. The van der Waals surface area contributed by atoms with Crippen LogP contribution in [0.3, 0.4) is 0 Å². The summed E-state index contributed by atoms with van der Waals surface area (Å²) in [4.78, 5) is 32.6. The molecule has 140 valence electrons. The molecule has 7 nitrogen and oxygen atoms in total. The van der Waals surface area contributed by atoms with E-state index in [1.54, 1.807) is 19.9 Å². The van der Waals surface area contributed by atoms with Crippen molar-refractivity contribution in [2.45, 2.75) is 19.9 Å². The van der Waals surface area contributed by atoms with Crippen molar-refractivity contribution in [1.82, 2.24) is 5.32 Å². The normalized spacial score (nSPS) is 20.1. The molecule has 0 radical (unpaired) electrons. The number of nitrogens with zero attached hydrogens (tertiary/aromatic N) is 2. The van der Waals surface area contributed by atoms with Crippen LogP contribution in [-0.2, 0) is 14.3 Å². The van der Waals surface area contributed by atoms with Crippen molar-refractivity contribution in [2.24, 2.45) is 15.9 Å². The van der Waals surface area contributed by atoms with Gasteiger partial charge in [-0.05, 0) is 37.6 Å². The summed E-state index contributed by atoms with van der Waals surface area (Å²) in [5.74, 6) is -1.39. The molecule has 0 aromatic heterocycles. The van der Waals surface area contributed by atoms with E-state index in [-0.39, 0.29) is 12.3 Å². The van der Waals surface area contributed by atoms with Crippen LogP contribution in [0.5, 0.6) is 0 Å². The molecule has 2 atom stereocenters. The maximum atomic E-state index is 14.2. The maximum absolute atomic E-state index is 14.2. The second-order valence-corrected chi connectivity index (χ2v) is 6.17. The standard InChI is InChI=1S/C19H19FN4O3/c1-4-27-19(26)14-8-21-17-15(14)16(22-9-23-17)11-5-12(20)7-13(6-11)24-18(25)10(2)3/h5-9,15-16H,2,4H2,1,3H3,(H,24,25)(H,21,22,23). The second kappa shape index (κ2) is 7.53. The van der Waals surface area contributed by atoms with Gasteiger partial charge in [0, 0.05) is 17.5 Å². The Bertz CT molecular complexity index is 904. The van der Waals surface area contributed by atoms with E-state index in [0.717, 1.165) is 0 Å². The Morgan fingerprint density at radius 1 is 1.37 bits per heavy atom. The smallest absolute Gasteiger partial charge is 0.336 e. The monoisotopic (exact) mass is 370 g/mol. The van der Waals surface area contributed by atoms with Crippen LogP contribution in [0.1, 0.15) is 25.5 Å². The molecular formula is C19H19FN4O3. The van der Waals surface area contributed by atoms with E-state index in [1.807, 2.05) is 0 Å². The van der Waals surface area contributed by atoms with Gasteiger partial charge in [0.15, 0.2) is 0 Å². The van der Waals surface area contributed by atoms with E-state index in [9.17, 15) is 14.0 Å². The molecule has 1 amide bonds. The number of esters is 1. The first-order valence-electron chi connectivity index (χ1n) is 8.41. The molecule has 0 saturated heterocycles. The van der Waals surface area contributed by atoms with Gasteiger partial charge in [0.1, 0.15) is 18.0 Å². The number of rotatable bonds is 5. The van der Waals surface area contributed by atoms with Gasteiger partial charge in [-0.2, -0.15) is 0 Å². The lowest BCUT2D eigenvalue weighted by Crippen LogP contribution is -2.30. The number of fused-ring (bicyclic) bond motifs is 1. The lowest BCUT2D eigenvalue weighted by atomic mass is 9.87. The Labute approximate surface area is 155 Å². The van der Waals surface area contributed by atoms with Crippen molar-refractivity contribution in [2.75, 3.05) is 11.9 Å². The summed E-state index contributed by atoms with van der Waals surface area (Å²) in [6.45, 7) is 7.08. The number of hydrogen-bond acceptors (Lipinski definition) is 6. The Hall–Kier alpha value is -3.29. The third kappa shape index (κ3) is 3.79. The number of ether oxygens (including phenoxy) is 1. The molecule has 2 unspecified atom stereocenters. The van der Waals surface area contributed by atoms with Crippen LogP contribution in [0.15, 0.2) is 52.1 Å². The third-order valence-corrected chi connectivity index (χ3v) is 4.16. The topological polar surface area (TPSA) is 92.1 Å². The summed E-state index contributed by atoms with van der Waals surface area (Å²) < 4.78 is 19.3. The molecule has 27 heavy (non-hydrogen) atoms. The zero-order valence-electron chi connectivity index (χ0n) is 15.0. The van der Waals surface area contributed by atoms with E-state index in [1.165, 1.54) is 24.7 Å². The summed E-state index contributed by atoms with van der Waals surface area (Å²) in [5, 5.41) is 5.54. The molecule has 0 bridgehead atoms. The van der Waals surface area contributed by atoms with E-state index < -0.39 is 29.7 Å². The lowest BCUT2D eigenvalue weighted by molar-refractivity contribution is -0.139. The van der Waals surface area contributed by atoms with Crippen LogP contribution in [0.4, 0.5) is 10.1 Å². The molecule has 0 aliphatic carbocycles. The van der Waals surface area contributed by atoms with Crippen LogP contribution in [0.25, 0.3) is 0 Å². The number of amidine groups is 1. The quantitative estimate of drug-likeness (QED) is 0.615. The van der Waals surface area contributed by atoms with Gasteiger partial charge in [-0.25, -0.2) is 14.2 Å². The number of aliphatic imine (C=N–C) groups is 2. The fourth-order valence-electron chi connectivity index (χ4n) is 2.94. The number of hydrogen-bond donors (Lipinski definition) is 2. The van der Waals surface area contributed by atoms with Crippen LogP contribution < -0.4 is 10.6 Å². The summed E-state index contributed by atoms with van der Waals surface area (Å²) in [6.07, 6.45) is 2.90. The minimum absolute atomic E-state index is 0.236. The fraction of sp³-hybridized carbons (Fsp3) is 0.263. The molecular weight excluding hydrogens is 351 g/mol. The van der Waals surface area contributed by atoms with Gasteiger partial charge < -0.3 is 15.4 Å². The van der Waals surface area contributed by atoms with Crippen molar-refractivity contribution in [3.63, 3.8) is 0 Å². The van der Waals surface area contributed by atoms with E-state index >= 15 is 0 Å². The summed E-state index contributed by atoms with van der Waals surface area (Å²) in [6, 6.07) is 3.57. The highest BCUT2D eigenvalue weighted by atomic mass is 19.1. The molecule has 0 saturated carbocycles. The molecule has 1 aromatic carbocycles. The fourth-order valence-corrected chi connectivity index (χ4v) is 2.94. The van der Waals surface area contributed by atoms with Gasteiger partial charge in [0.2, 0.25) is 0 Å². The molecule has 0 spiro atoms. The van der Waals surface area contributed by atoms with E-state index in [4.69, 9.17) is 4.74 Å². The average Bonchev–Trinajstić information content (AvgIpc) is 3.05. The second-order valence-electron chi connectivity index (χ2n) is 6.17. The van der Waals surface area contributed by atoms with Gasteiger partial charge in [-0.1, -0.05) is 6.58 Å². The number of anilines is 1. The predicted molar refractivity (Wildman–Crippen MR) is 99.9 cm³/mol. The van der Waals surface area contributed by atoms with E-state index in [0.29, 0.717) is 22.5 Å². The number of carbonyl (C=O) groups excluding carboxylic acids is 2. The molecule has 2 heterocycles. The number of halogens is 1. The SMILES string of the molecule is C=C(C)C(=O)Nc1cc(F)cc(C2N=CN=C3NC=C(C(=O)OCC)C32)c1. The molecule has 2 aliphatic rings. The molecule has 0 fully saturated rings. The van der Waals surface area contributed by atoms with Gasteiger partial charge in [0.05, 0.1) is 24.1 Å². The zero-order chi connectivity index (χ0) is 19.6. The van der Waals surface area contributed by atoms with E-state index in [2.05, 4.69) is 27.2 Å². The first-order valence-corrected chi connectivity index (χ1v) is 8.41. The largest absolute Gasteiger partial charge is 0.463 e. The van der Waals surface area contributed by atoms with Gasteiger partial charge in [0.25, 0.3) is 5.91 Å². The molecule has 2 aliphatic heterocycles. The van der Waals surface area contributed by atoms with Crippen LogP contribution in [0, 0.1) is 11.7 Å². The van der Waals surface area contributed by atoms with Crippen LogP contribution in [0.2, 0.25) is 0 Å².